The van der Waals surface area contributed by atoms with E-state index in [0.717, 1.165) is 12.8 Å². The number of nitrogens with one attached hydrogen (secondary N) is 1. The minimum absolute atomic E-state index is 0.0284. The lowest BCUT2D eigenvalue weighted by molar-refractivity contribution is -0.121. The molecule has 6 nitrogen and oxygen atoms in total. The molecule has 3 heterocycles. The number of anilines is 2. The Morgan fingerprint density at radius 2 is 1.94 bits per heavy atom. The van der Waals surface area contributed by atoms with Crippen LogP contribution < -0.4 is 10.2 Å². The third-order valence-corrected chi connectivity index (χ3v) is 6.63. The average Bonchev–Trinajstić information content (AvgIpc) is 3.27. The van der Waals surface area contributed by atoms with Gasteiger partial charge in [0.2, 0.25) is 5.91 Å². The molecule has 0 bridgehead atoms. The molecule has 1 aromatic heterocycles. The third-order valence-electron chi connectivity index (χ3n) is 5.77. The van der Waals surface area contributed by atoms with Gasteiger partial charge in [0, 0.05) is 25.3 Å². The first-order valence-corrected chi connectivity index (χ1v) is 11.7. The van der Waals surface area contributed by atoms with Gasteiger partial charge in [0.15, 0.2) is 0 Å². The number of benzene rings is 1. The fraction of sp³-hybridized carbons (Fsp3) is 0.478. The zero-order valence-electron chi connectivity index (χ0n) is 17.8. The lowest BCUT2D eigenvalue weighted by Gasteiger charge is -2.37. The molecule has 166 valence electrons. The largest absolute Gasteiger partial charge is 0.372 e. The first-order valence-electron chi connectivity index (χ1n) is 10.8. The monoisotopic (exact) mass is 445 g/mol. The molecule has 0 saturated carbocycles. The number of amides is 2. The van der Waals surface area contributed by atoms with E-state index in [9.17, 15) is 14.0 Å². The van der Waals surface area contributed by atoms with E-state index < -0.39 is 6.04 Å². The van der Waals surface area contributed by atoms with E-state index in [1.165, 1.54) is 17.4 Å². The number of ether oxygens (including phenoxy) is 1. The summed E-state index contributed by atoms with van der Waals surface area (Å²) in [5, 5.41) is 4.67. The fourth-order valence-corrected chi connectivity index (χ4v) is 5.11. The van der Waals surface area contributed by atoms with Gasteiger partial charge in [-0.05, 0) is 62.8 Å². The summed E-state index contributed by atoms with van der Waals surface area (Å²) in [4.78, 5) is 30.1. The molecule has 2 aromatic rings. The molecule has 2 fully saturated rings. The Kier molecular flexibility index (Phi) is 6.57. The van der Waals surface area contributed by atoms with Crippen LogP contribution in [0, 0.1) is 5.82 Å². The Balaban J connectivity index is 1.46. The molecule has 1 N–H and O–H groups in total. The molecule has 2 aliphatic rings. The predicted octanol–water partition coefficient (Wildman–Crippen LogP) is 4.13. The van der Waals surface area contributed by atoms with E-state index in [2.05, 4.69) is 5.32 Å². The molecule has 3 atom stereocenters. The van der Waals surface area contributed by atoms with Gasteiger partial charge in [0.25, 0.3) is 5.91 Å². The highest BCUT2D eigenvalue weighted by molar-refractivity contribution is 7.12. The second kappa shape index (κ2) is 9.36. The molecule has 3 unspecified atom stereocenters. The molecule has 2 aliphatic heterocycles. The summed E-state index contributed by atoms with van der Waals surface area (Å²) >= 11 is 1.37. The molecule has 2 saturated heterocycles. The molecule has 2 amide bonds. The molecular weight excluding hydrogens is 417 g/mol. The van der Waals surface area contributed by atoms with Gasteiger partial charge < -0.3 is 19.9 Å². The van der Waals surface area contributed by atoms with Gasteiger partial charge in [-0.1, -0.05) is 6.07 Å². The Bertz CT molecular complexity index is 926. The summed E-state index contributed by atoms with van der Waals surface area (Å²) < 4.78 is 20.6. The summed E-state index contributed by atoms with van der Waals surface area (Å²) in [5.41, 5.74) is 0.905. The van der Waals surface area contributed by atoms with Gasteiger partial charge in [0.1, 0.15) is 11.9 Å². The van der Waals surface area contributed by atoms with E-state index in [0.29, 0.717) is 42.3 Å². The second-order valence-corrected chi connectivity index (χ2v) is 9.25. The van der Waals surface area contributed by atoms with Gasteiger partial charge in [-0.15, -0.1) is 11.3 Å². The quantitative estimate of drug-likeness (QED) is 0.769. The van der Waals surface area contributed by atoms with Crippen LogP contribution in [0.15, 0.2) is 35.7 Å². The van der Waals surface area contributed by atoms with Crippen molar-refractivity contribution < 1.29 is 18.7 Å². The van der Waals surface area contributed by atoms with Crippen LogP contribution in [0.25, 0.3) is 0 Å². The number of morpholine rings is 1. The van der Waals surface area contributed by atoms with Crippen LogP contribution in [-0.2, 0) is 9.53 Å². The Morgan fingerprint density at radius 1 is 1.16 bits per heavy atom. The van der Waals surface area contributed by atoms with Crippen molar-refractivity contribution in [2.75, 3.05) is 29.9 Å². The van der Waals surface area contributed by atoms with Gasteiger partial charge in [-0.25, -0.2) is 4.39 Å². The first kappa shape index (κ1) is 21.8. The number of carbonyl (C=O) groups is 2. The summed E-state index contributed by atoms with van der Waals surface area (Å²) in [6, 6.07) is 7.83. The number of carbonyl (C=O) groups excluding carboxylic acids is 2. The van der Waals surface area contributed by atoms with E-state index in [1.54, 1.807) is 23.1 Å². The number of nitrogens with zero attached hydrogens (tertiary/aromatic N) is 2. The maximum atomic E-state index is 14.9. The van der Waals surface area contributed by atoms with Crippen molar-refractivity contribution >= 4 is 34.5 Å². The number of thiophene rings is 1. The van der Waals surface area contributed by atoms with E-state index in [4.69, 9.17) is 4.74 Å². The van der Waals surface area contributed by atoms with Crippen LogP contribution in [-0.4, -0.2) is 54.6 Å². The molecule has 0 spiro atoms. The third kappa shape index (κ3) is 4.91. The van der Waals surface area contributed by atoms with Crippen LogP contribution >= 0.6 is 11.3 Å². The van der Waals surface area contributed by atoms with Crippen molar-refractivity contribution in [3.63, 3.8) is 0 Å². The van der Waals surface area contributed by atoms with Crippen molar-refractivity contribution in [2.45, 2.75) is 51.4 Å². The number of hydrogen-bond acceptors (Lipinski definition) is 5. The van der Waals surface area contributed by atoms with Gasteiger partial charge >= 0.3 is 0 Å². The molecule has 4 rings (SSSR count). The predicted molar refractivity (Wildman–Crippen MR) is 120 cm³/mol. The van der Waals surface area contributed by atoms with Crippen molar-refractivity contribution in [1.82, 2.24) is 4.90 Å². The summed E-state index contributed by atoms with van der Waals surface area (Å²) in [5.74, 6) is -0.772. The van der Waals surface area contributed by atoms with Crippen LogP contribution in [0.1, 0.15) is 42.8 Å². The summed E-state index contributed by atoms with van der Waals surface area (Å²) in [6.45, 7) is 5.74. The Labute approximate surface area is 186 Å². The lowest BCUT2D eigenvalue weighted by Crippen LogP contribution is -2.49. The maximum absolute atomic E-state index is 14.9. The minimum Gasteiger partial charge on any atom is -0.372 e. The molecular formula is C23H28FN3O3S. The number of piperidine rings is 1. The first-order chi connectivity index (χ1) is 14.9. The van der Waals surface area contributed by atoms with Gasteiger partial charge in [0.05, 0.1) is 22.8 Å². The highest BCUT2D eigenvalue weighted by atomic mass is 32.1. The second-order valence-electron chi connectivity index (χ2n) is 8.31. The van der Waals surface area contributed by atoms with Crippen LogP contribution in [0.4, 0.5) is 15.8 Å². The number of hydrogen-bond donors (Lipinski definition) is 1. The van der Waals surface area contributed by atoms with Crippen LogP contribution in [0.2, 0.25) is 0 Å². The number of halogens is 1. The normalized spacial score (nSPS) is 24.2. The summed E-state index contributed by atoms with van der Waals surface area (Å²) in [6.07, 6.45) is 2.42. The average molecular weight is 446 g/mol. The molecule has 0 aliphatic carbocycles. The smallest absolute Gasteiger partial charge is 0.264 e. The maximum Gasteiger partial charge on any atom is 0.264 e. The van der Waals surface area contributed by atoms with Gasteiger partial charge in [-0.3, -0.25) is 9.59 Å². The Hall–Kier alpha value is -2.45. The molecule has 31 heavy (non-hydrogen) atoms. The van der Waals surface area contributed by atoms with Crippen molar-refractivity contribution in [2.24, 2.45) is 0 Å². The van der Waals surface area contributed by atoms with E-state index in [1.807, 2.05) is 30.2 Å². The zero-order valence-corrected chi connectivity index (χ0v) is 18.7. The lowest BCUT2D eigenvalue weighted by atomic mass is 10.0. The van der Waals surface area contributed by atoms with Crippen molar-refractivity contribution in [3.8, 4) is 0 Å². The molecule has 1 aromatic carbocycles. The standard InChI is InChI=1S/C23H28FN3O3S/c1-15-13-26(14-16(2)30-15)19-9-8-17(12-18(19)24)25-22(28)20-6-3-4-10-27(20)23(29)21-7-5-11-31-21/h5,7-9,11-12,15-16,20H,3-4,6,10,13-14H2,1-2H3,(H,25,28). The topological polar surface area (TPSA) is 61.9 Å². The highest BCUT2D eigenvalue weighted by Gasteiger charge is 2.33. The van der Waals surface area contributed by atoms with E-state index >= 15 is 0 Å². The van der Waals surface area contributed by atoms with Crippen molar-refractivity contribution in [1.29, 1.82) is 0 Å². The zero-order chi connectivity index (χ0) is 22.0. The van der Waals surface area contributed by atoms with Gasteiger partial charge in [-0.2, -0.15) is 0 Å². The van der Waals surface area contributed by atoms with Crippen molar-refractivity contribution in [3.05, 3.63) is 46.4 Å². The van der Waals surface area contributed by atoms with Crippen LogP contribution in [0.3, 0.4) is 0 Å². The van der Waals surface area contributed by atoms with E-state index in [-0.39, 0.29) is 29.8 Å². The SMILES string of the molecule is CC1CN(c2ccc(NC(=O)C3CCCCN3C(=O)c3cccs3)cc2F)CC(C)O1. The minimum atomic E-state index is -0.549. The number of likely N-dealkylation sites (tertiary alicyclic amines) is 1. The highest BCUT2D eigenvalue weighted by Crippen LogP contribution is 2.27. The Morgan fingerprint density at radius 3 is 2.61 bits per heavy atom. The number of rotatable bonds is 4. The van der Waals surface area contributed by atoms with Crippen LogP contribution in [0.5, 0.6) is 0 Å². The molecule has 8 heteroatoms. The fourth-order valence-electron chi connectivity index (χ4n) is 4.43. The molecule has 0 radical (unpaired) electrons. The summed E-state index contributed by atoms with van der Waals surface area (Å²) in [7, 11) is 0.